The molecule has 0 saturated carbocycles. The molecule has 6 heteroatoms. The van der Waals surface area contributed by atoms with Crippen LogP contribution in [0.3, 0.4) is 0 Å². The maximum Gasteiger partial charge on any atom is 0.257 e. The Labute approximate surface area is 134 Å². The van der Waals surface area contributed by atoms with E-state index in [1.165, 1.54) is 12.5 Å². The smallest absolute Gasteiger partial charge is 0.257 e. The van der Waals surface area contributed by atoms with E-state index in [0.717, 1.165) is 18.4 Å². The lowest BCUT2D eigenvalue weighted by Gasteiger charge is -2.31. The van der Waals surface area contributed by atoms with Crippen LogP contribution in [0.1, 0.15) is 28.8 Å². The third-order valence-corrected chi connectivity index (χ3v) is 4.04. The number of nitrogens with one attached hydrogen (secondary N) is 1. The lowest BCUT2D eigenvalue weighted by atomic mass is 9.96. The fourth-order valence-electron chi connectivity index (χ4n) is 2.78. The van der Waals surface area contributed by atoms with E-state index in [0.29, 0.717) is 25.2 Å². The van der Waals surface area contributed by atoms with Crippen molar-refractivity contribution in [3.63, 3.8) is 0 Å². The van der Waals surface area contributed by atoms with Crippen molar-refractivity contribution in [1.82, 2.24) is 15.2 Å². The molecule has 1 aliphatic rings. The van der Waals surface area contributed by atoms with Crippen LogP contribution in [-0.2, 0) is 11.3 Å². The Kier molecular flexibility index (Phi) is 4.71. The van der Waals surface area contributed by atoms with Gasteiger partial charge in [0.2, 0.25) is 5.91 Å². The fraction of sp³-hybridized carbons (Fsp3) is 0.353. The molecule has 1 N–H and O–H groups in total. The standard InChI is InChI=1S/C17H19N3O3/c21-16(19-10-13-3-1-6-18-9-13)14-4-2-7-20(11-14)17(22)15-5-8-23-12-15/h1,3,5-6,8-9,12,14H,2,4,7,10-11H2,(H,19,21). The van der Waals surface area contributed by atoms with Crippen LogP contribution in [0.2, 0.25) is 0 Å². The Hall–Kier alpha value is -2.63. The number of aromatic nitrogens is 1. The highest BCUT2D eigenvalue weighted by Crippen LogP contribution is 2.19. The summed E-state index contributed by atoms with van der Waals surface area (Å²) in [6, 6.07) is 5.41. The average molecular weight is 313 g/mol. The molecule has 0 radical (unpaired) electrons. The highest BCUT2D eigenvalue weighted by atomic mass is 16.3. The minimum atomic E-state index is -0.170. The van der Waals surface area contributed by atoms with Crippen LogP contribution in [0.5, 0.6) is 0 Å². The molecular weight excluding hydrogens is 294 g/mol. The molecule has 3 heterocycles. The molecule has 0 spiro atoms. The first-order valence-corrected chi connectivity index (χ1v) is 7.72. The molecule has 1 aliphatic heterocycles. The van der Waals surface area contributed by atoms with E-state index in [1.54, 1.807) is 23.4 Å². The molecule has 1 unspecified atom stereocenters. The molecule has 0 aliphatic carbocycles. The SMILES string of the molecule is O=C(NCc1cccnc1)C1CCCN(C(=O)c2ccoc2)C1. The Morgan fingerprint density at radius 1 is 1.39 bits per heavy atom. The molecule has 2 aromatic rings. The molecule has 3 rings (SSSR count). The summed E-state index contributed by atoms with van der Waals surface area (Å²) in [6.45, 7) is 1.58. The molecule has 1 atom stereocenters. The molecule has 23 heavy (non-hydrogen) atoms. The van der Waals surface area contributed by atoms with Gasteiger partial charge in [0.25, 0.3) is 5.91 Å². The number of nitrogens with zero attached hydrogens (tertiary/aromatic N) is 2. The zero-order valence-corrected chi connectivity index (χ0v) is 12.8. The predicted molar refractivity (Wildman–Crippen MR) is 83.4 cm³/mol. The van der Waals surface area contributed by atoms with Gasteiger partial charge in [-0.05, 0) is 30.5 Å². The van der Waals surface area contributed by atoms with Gasteiger partial charge in [-0.15, -0.1) is 0 Å². The minimum absolute atomic E-state index is 0.0152. The first-order valence-electron chi connectivity index (χ1n) is 7.72. The van der Waals surface area contributed by atoms with Gasteiger partial charge in [-0.2, -0.15) is 0 Å². The van der Waals surface area contributed by atoms with E-state index in [2.05, 4.69) is 10.3 Å². The summed E-state index contributed by atoms with van der Waals surface area (Å²) in [5, 5.41) is 2.93. The number of hydrogen-bond acceptors (Lipinski definition) is 4. The molecule has 2 aromatic heterocycles. The second-order valence-electron chi connectivity index (χ2n) is 5.68. The topological polar surface area (TPSA) is 75.4 Å². The summed E-state index contributed by atoms with van der Waals surface area (Å²) in [5.74, 6) is -0.265. The molecule has 2 amide bonds. The Balaban J connectivity index is 1.55. The van der Waals surface area contributed by atoms with Gasteiger partial charge in [0.05, 0.1) is 17.7 Å². The van der Waals surface area contributed by atoms with Crippen LogP contribution >= 0.6 is 0 Å². The van der Waals surface area contributed by atoms with Gasteiger partial charge in [-0.25, -0.2) is 0 Å². The molecule has 1 fully saturated rings. The maximum atomic E-state index is 12.3. The van der Waals surface area contributed by atoms with E-state index in [9.17, 15) is 9.59 Å². The van der Waals surface area contributed by atoms with E-state index >= 15 is 0 Å². The number of amides is 2. The number of furan rings is 1. The maximum absolute atomic E-state index is 12.3. The van der Waals surface area contributed by atoms with Crippen LogP contribution in [0.25, 0.3) is 0 Å². The first kappa shape index (κ1) is 15.3. The molecule has 0 bridgehead atoms. The Bertz CT molecular complexity index is 655. The van der Waals surface area contributed by atoms with E-state index in [4.69, 9.17) is 4.42 Å². The van der Waals surface area contributed by atoms with Crippen molar-refractivity contribution >= 4 is 11.8 Å². The highest BCUT2D eigenvalue weighted by molar-refractivity contribution is 5.94. The summed E-state index contributed by atoms with van der Waals surface area (Å²) in [7, 11) is 0. The molecule has 6 nitrogen and oxygen atoms in total. The fourth-order valence-corrected chi connectivity index (χ4v) is 2.78. The van der Waals surface area contributed by atoms with Crippen LogP contribution < -0.4 is 5.32 Å². The Morgan fingerprint density at radius 2 is 2.30 bits per heavy atom. The quantitative estimate of drug-likeness (QED) is 0.934. The molecular formula is C17H19N3O3. The average Bonchev–Trinajstić information content (AvgIpc) is 3.14. The number of likely N-dealkylation sites (tertiary alicyclic amines) is 1. The van der Waals surface area contributed by atoms with Crippen LogP contribution in [-0.4, -0.2) is 34.8 Å². The zero-order valence-electron chi connectivity index (χ0n) is 12.8. The predicted octanol–water partition coefficient (Wildman–Crippen LogP) is 1.84. The number of rotatable bonds is 4. The van der Waals surface area contributed by atoms with Crippen molar-refractivity contribution in [3.05, 3.63) is 54.2 Å². The van der Waals surface area contributed by atoms with Crippen molar-refractivity contribution in [1.29, 1.82) is 0 Å². The van der Waals surface area contributed by atoms with Gasteiger partial charge in [-0.3, -0.25) is 14.6 Å². The summed E-state index contributed by atoms with van der Waals surface area (Å²) in [5.41, 5.74) is 1.49. The lowest BCUT2D eigenvalue weighted by Crippen LogP contribution is -2.45. The third-order valence-electron chi connectivity index (χ3n) is 4.04. The number of hydrogen-bond donors (Lipinski definition) is 1. The highest BCUT2D eigenvalue weighted by Gasteiger charge is 2.29. The van der Waals surface area contributed by atoms with Gasteiger partial charge in [0, 0.05) is 32.0 Å². The number of carbonyl (C=O) groups is 2. The normalized spacial score (nSPS) is 17.7. The van der Waals surface area contributed by atoms with Crippen molar-refractivity contribution in [3.8, 4) is 0 Å². The van der Waals surface area contributed by atoms with Gasteiger partial charge >= 0.3 is 0 Å². The van der Waals surface area contributed by atoms with E-state index in [-0.39, 0.29) is 17.7 Å². The summed E-state index contributed by atoms with van der Waals surface area (Å²) < 4.78 is 4.96. The minimum Gasteiger partial charge on any atom is -0.472 e. The molecule has 1 saturated heterocycles. The molecule has 120 valence electrons. The zero-order chi connectivity index (χ0) is 16.1. The van der Waals surface area contributed by atoms with Crippen molar-refractivity contribution in [2.75, 3.05) is 13.1 Å². The summed E-state index contributed by atoms with van der Waals surface area (Å²) in [4.78, 5) is 30.4. The summed E-state index contributed by atoms with van der Waals surface area (Å²) >= 11 is 0. The van der Waals surface area contributed by atoms with Crippen LogP contribution in [0, 0.1) is 5.92 Å². The van der Waals surface area contributed by atoms with Gasteiger partial charge in [0.15, 0.2) is 0 Å². The third kappa shape index (κ3) is 3.77. The number of piperidine rings is 1. The number of carbonyl (C=O) groups excluding carboxylic acids is 2. The second kappa shape index (κ2) is 7.09. The Morgan fingerprint density at radius 3 is 3.04 bits per heavy atom. The van der Waals surface area contributed by atoms with Gasteiger partial charge in [-0.1, -0.05) is 6.07 Å². The lowest BCUT2D eigenvalue weighted by molar-refractivity contribution is -0.126. The van der Waals surface area contributed by atoms with Crippen LogP contribution in [0.4, 0.5) is 0 Å². The number of pyridine rings is 1. The van der Waals surface area contributed by atoms with E-state index < -0.39 is 0 Å². The van der Waals surface area contributed by atoms with Crippen molar-refractivity contribution in [2.24, 2.45) is 5.92 Å². The second-order valence-corrected chi connectivity index (χ2v) is 5.68. The monoisotopic (exact) mass is 313 g/mol. The van der Waals surface area contributed by atoms with Crippen molar-refractivity contribution < 1.29 is 14.0 Å². The summed E-state index contributed by atoms with van der Waals surface area (Å²) in [6.07, 6.45) is 7.98. The largest absolute Gasteiger partial charge is 0.472 e. The van der Waals surface area contributed by atoms with E-state index in [1.807, 2.05) is 12.1 Å². The van der Waals surface area contributed by atoms with Gasteiger partial charge in [0.1, 0.15) is 6.26 Å². The van der Waals surface area contributed by atoms with Crippen molar-refractivity contribution in [2.45, 2.75) is 19.4 Å². The van der Waals surface area contributed by atoms with Crippen LogP contribution in [0.15, 0.2) is 47.5 Å². The van der Waals surface area contributed by atoms with Gasteiger partial charge < -0.3 is 14.6 Å². The first-order chi connectivity index (χ1) is 11.2. The molecule has 0 aromatic carbocycles.